The topological polar surface area (TPSA) is 61.9 Å². The van der Waals surface area contributed by atoms with Gasteiger partial charge in [0.25, 0.3) is 0 Å². The number of fused-ring (bicyclic) bond motifs is 1. The van der Waals surface area contributed by atoms with Gasteiger partial charge in [-0.1, -0.05) is 30.3 Å². The van der Waals surface area contributed by atoms with Crippen LogP contribution < -0.4 is 0 Å². The van der Waals surface area contributed by atoms with Crippen LogP contribution in [-0.2, 0) is 35.0 Å². The lowest BCUT2D eigenvalue weighted by Gasteiger charge is -2.41. The van der Waals surface area contributed by atoms with Crippen molar-refractivity contribution < 1.29 is 41.6 Å². The Bertz CT molecular complexity index is 894. The van der Waals surface area contributed by atoms with E-state index in [0.717, 1.165) is 5.56 Å². The third-order valence-electron chi connectivity index (χ3n) is 6.98. The van der Waals surface area contributed by atoms with Crippen LogP contribution >= 0.6 is 0 Å². The summed E-state index contributed by atoms with van der Waals surface area (Å²) in [7, 11) is 0. The van der Waals surface area contributed by atoms with Crippen molar-refractivity contribution in [2.24, 2.45) is 0 Å². The standard InChI is InChI=1S/C25H35F3N2O6/c1-23(2)31-15-17(34-23)18-19(20-21(32-18)36-24(3,4)35-20)33-22(25(26,27)28)30-12-10-29(11-13-30)14-16-8-6-5-7-9-16/h5-9,17-22H,10-15H2,1-4H3/t17-,18+,19-,20+,21+,22?/m0/s1. The fourth-order valence-corrected chi connectivity index (χ4v) is 5.35. The van der Waals surface area contributed by atoms with Crippen molar-refractivity contribution in [3.63, 3.8) is 0 Å². The molecule has 0 bridgehead atoms. The highest BCUT2D eigenvalue weighted by Gasteiger charge is 2.61. The Morgan fingerprint density at radius 1 is 0.944 bits per heavy atom. The monoisotopic (exact) mass is 516 g/mol. The summed E-state index contributed by atoms with van der Waals surface area (Å²) < 4.78 is 78.4. The number of hydrogen-bond acceptors (Lipinski definition) is 8. The molecular formula is C25H35F3N2O6. The van der Waals surface area contributed by atoms with Crippen LogP contribution in [0.2, 0.25) is 0 Å². The van der Waals surface area contributed by atoms with Crippen LogP contribution in [0, 0.1) is 0 Å². The van der Waals surface area contributed by atoms with Crippen LogP contribution in [0.25, 0.3) is 0 Å². The van der Waals surface area contributed by atoms with Crippen LogP contribution in [-0.4, -0.2) is 97.3 Å². The molecule has 4 heterocycles. The summed E-state index contributed by atoms with van der Waals surface area (Å²) in [6.45, 7) is 9.23. The Labute approximate surface area is 209 Å². The second kappa shape index (κ2) is 9.77. The van der Waals surface area contributed by atoms with Crippen LogP contribution in [0.1, 0.15) is 33.3 Å². The molecule has 0 N–H and O–H groups in total. The van der Waals surface area contributed by atoms with Crippen LogP contribution in [0.5, 0.6) is 0 Å². The zero-order chi connectivity index (χ0) is 25.7. The Morgan fingerprint density at radius 2 is 1.64 bits per heavy atom. The number of rotatable bonds is 6. The normalized spacial score (nSPS) is 35.7. The van der Waals surface area contributed by atoms with Gasteiger partial charge in [0, 0.05) is 32.7 Å². The molecule has 11 heteroatoms. The van der Waals surface area contributed by atoms with Crippen molar-refractivity contribution in [1.82, 2.24) is 9.80 Å². The highest BCUT2D eigenvalue weighted by atomic mass is 19.4. The molecule has 1 aromatic carbocycles. The first-order chi connectivity index (χ1) is 16.9. The summed E-state index contributed by atoms with van der Waals surface area (Å²) in [6, 6.07) is 9.91. The molecule has 36 heavy (non-hydrogen) atoms. The van der Waals surface area contributed by atoms with Crippen molar-refractivity contribution >= 4 is 0 Å². The second-order valence-electron chi connectivity index (χ2n) is 10.7. The summed E-state index contributed by atoms with van der Waals surface area (Å²) in [5.74, 6) is -1.86. The third-order valence-corrected chi connectivity index (χ3v) is 6.98. The maximum absolute atomic E-state index is 14.4. The van der Waals surface area contributed by atoms with E-state index >= 15 is 0 Å². The van der Waals surface area contributed by atoms with Crippen molar-refractivity contribution in [3.8, 4) is 0 Å². The minimum Gasteiger partial charge on any atom is -0.348 e. The zero-order valence-corrected chi connectivity index (χ0v) is 21.1. The van der Waals surface area contributed by atoms with Crippen molar-refractivity contribution in [2.75, 3.05) is 32.8 Å². The molecule has 1 unspecified atom stereocenters. The minimum absolute atomic E-state index is 0.176. The number of piperazine rings is 1. The van der Waals surface area contributed by atoms with Gasteiger partial charge in [-0.25, -0.2) is 0 Å². The van der Waals surface area contributed by atoms with Gasteiger partial charge in [-0.05, 0) is 33.3 Å². The first kappa shape index (κ1) is 26.3. The van der Waals surface area contributed by atoms with E-state index in [2.05, 4.69) is 4.90 Å². The summed E-state index contributed by atoms with van der Waals surface area (Å²) in [4.78, 5) is 3.50. The zero-order valence-electron chi connectivity index (χ0n) is 21.1. The molecule has 4 fully saturated rings. The van der Waals surface area contributed by atoms with Gasteiger partial charge in [-0.15, -0.1) is 0 Å². The Kier molecular flexibility index (Phi) is 7.14. The van der Waals surface area contributed by atoms with Crippen molar-refractivity contribution in [3.05, 3.63) is 35.9 Å². The lowest BCUT2D eigenvalue weighted by molar-refractivity contribution is -0.302. The average Bonchev–Trinajstić information content (AvgIpc) is 3.41. The molecule has 6 atom stereocenters. The van der Waals surface area contributed by atoms with Gasteiger partial charge in [-0.2, -0.15) is 13.2 Å². The molecule has 8 nitrogen and oxygen atoms in total. The van der Waals surface area contributed by atoms with Gasteiger partial charge in [-0.3, -0.25) is 9.80 Å². The predicted molar refractivity (Wildman–Crippen MR) is 122 cm³/mol. The SMILES string of the molecule is CC1(C)O[C@H]2O[C@H]([C@@H]3COC(C)(C)O3)[C@H](OC(N3CCN(Cc4ccccc4)CC3)C(F)(F)F)[C@H]2O1. The molecule has 4 aliphatic heterocycles. The molecule has 1 aromatic rings. The van der Waals surface area contributed by atoms with Gasteiger partial charge in [0.15, 0.2) is 17.9 Å². The number of nitrogens with zero attached hydrogens (tertiary/aromatic N) is 2. The number of halogens is 3. The van der Waals surface area contributed by atoms with Gasteiger partial charge in [0.2, 0.25) is 6.23 Å². The largest absolute Gasteiger partial charge is 0.428 e. The predicted octanol–water partition coefficient (Wildman–Crippen LogP) is 3.11. The summed E-state index contributed by atoms with van der Waals surface area (Å²) >= 11 is 0. The van der Waals surface area contributed by atoms with Crippen molar-refractivity contribution in [2.45, 2.75) is 88.9 Å². The summed E-state index contributed by atoms with van der Waals surface area (Å²) in [6.07, 6.45) is -10.9. The fraction of sp³-hybridized carbons (Fsp3) is 0.760. The molecule has 5 rings (SSSR count). The van der Waals surface area contributed by atoms with E-state index in [4.69, 9.17) is 28.4 Å². The van der Waals surface area contributed by atoms with E-state index in [-0.39, 0.29) is 19.7 Å². The van der Waals surface area contributed by atoms with Gasteiger partial charge in [0.05, 0.1) is 6.61 Å². The lowest BCUT2D eigenvalue weighted by Crippen LogP contribution is -2.58. The Morgan fingerprint density at radius 3 is 2.25 bits per heavy atom. The molecule has 0 saturated carbocycles. The van der Waals surface area contributed by atoms with Crippen LogP contribution in [0.15, 0.2) is 30.3 Å². The average molecular weight is 517 g/mol. The van der Waals surface area contributed by atoms with Gasteiger partial charge in [0.1, 0.15) is 24.4 Å². The molecule has 4 aliphatic rings. The maximum Gasteiger partial charge on any atom is 0.428 e. The smallest absolute Gasteiger partial charge is 0.348 e. The molecule has 0 aromatic heterocycles. The molecule has 0 spiro atoms. The number of hydrogen-bond donors (Lipinski definition) is 0. The van der Waals surface area contributed by atoms with Crippen molar-refractivity contribution in [1.29, 1.82) is 0 Å². The Balaban J connectivity index is 1.30. The molecule has 0 amide bonds. The summed E-state index contributed by atoms with van der Waals surface area (Å²) in [5.41, 5.74) is 1.13. The van der Waals surface area contributed by atoms with Crippen LogP contribution in [0.4, 0.5) is 13.2 Å². The number of ether oxygens (including phenoxy) is 6. The highest BCUT2D eigenvalue weighted by molar-refractivity contribution is 5.14. The van der Waals surface area contributed by atoms with E-state index in [0.29, 0.717) is 19.6 Å². The quantitative estimate of drug-likeness (QED) is 0.572. The maximum atomic E-state index is 14.4. The fourth-order valence-electron chi connectivity index (χ4n) is 5.35. The molecule has 0 aliphatic carbocycles. The van der Waals surface area contributed by atoms with E-state index in [9.17, 15) is 13.2 Å². The van der Waals surface area contributed by atoms with E-state index < -0.39 is 54.7 Å². The first-order valence-electron chi connectivity index (χ1n) is 12.5. The highest BCUT2D eigenvalue weighted by Crippen LogP contribution is 2.43. The molecule has 202 valence electrons. The second-order valence-corrected chi connectivity index (χ2v) is 10.7. The third kappa shape index (κ3) is 5.73. The Hall–Kier alpha value is -1.31. The number of alkyl halides is 3. The molecular weight excluding hydrogens is 481 g/mol. The van der Waals surface area contributed by atoms with Crippen LogP contribution in [0.3, 0.4) is 0 Å². The van der Waals surface area contributed by atoms with Gasteiger partial charge >= 0.3 is 6.18 Å². The molecule has 0 radical (unpaired) electrons. The van der Waals surface area contributed by atoms with Gasteiger partial charge < -0.3 is 28.4 Å². The van der Waals surface area contributed by atoms with E-state index in [1.165, 1.54) is 4.90 Å². The van der Waals surface area contributed by atoms with E-state index in [1.54, 1.807) is 27.7 Å². The first-order valence-corrected chi connectivity index (χ1v) is 12.5. The summed E-state index contributed by atoms with van der Waals surface area (Å²) in [5, 5.41) is 0. The lowest BCUT2D eigenvalue weighted by atomic mass is 10.1. The number of benzene rings is 1. The van der Waals surface area contributed by atoms with E-state index in [1.807, 2.05) is 30.3 Å². The minimum atomic E-state index is -4.61. The molecule has 4 saturated heterocycles.